The lowest BCUT2D eigenvalue weighted by molar-refractivity contribution is 0.584. The van der Waals surface area contributed by atoms with Crippen LogP contribution in [-0.2, 0) is 17.1 Å². The SMILES string of the molecule is CCNS(=O)(=O)c1cccc(-c2cn(C)c(=O)c3cc(F)ccc23)c1. The van der Waals surface area contributed by atoms with Crippen LogP contribution in [0.1, 0.15) is 6.92 Å². The summed E-state index contributed by atoms with van der Waals surface area (Å²) < 4.78 is 41.8. The summed E-state index contributed by atoms with van der Waals surface area (Å²) in [6.07, 6.45) is 1.63. The maximum absolute atomic E-state index is 13.6. The van der Waals surface area contributed by atoms with Crippen LogP contribution in [-0.4, -0.2) is 19.5 Å². The van der Waals surface area contributed by atoms with Gasteiger partial charge in [-0.1, -0.05) is 25.1 Å². The number of aromatic nitrogens is 1. The highest BCUT2D eigenvalue weighted by molar-refractivity contribution is 7.89. The lowest BCUT2D eigenvalue weighted by atomic mass is 10.0. The highest BCUT2D eigenvalue weighted by atomic mass is 32.2. The number of halogens is 1. The minimum Gasteiger partial charge on any atom is -0.317 e. The Kier molecular flexibility index (Phi) is 4.45. The summed E-state index contributed by atoms with van der Waals surface area (Å²) in [7, 11) is -2.02. The zero-order valence-electron chi connectivity index (χ0n) is 13.8. The zero-order valence-corrected chi connectivity index (χ0v) is 14.6. The predicted octanol–water partition coefficient (Wildman–Crippen LogP) is 2.64. The van der Waals surface area contributed by atoms with E-state index < -0.39 is 15.8 Å². The fourth-order valence-electron chi connectivity index (χ4n) is 2.77. The van der Waals surface area contributed by atoms with Crippen LogP contribution in [0.4, 0.5) is 4.39 Å². The van der Waals surface area contributed by atoms with E-state index in [1.807, 2.05) is 0 Å². The molecule has 130 valence electrons. The van der Waals surface area contributed by atoms with Crippen molar-refractivity contribution in [3.8, 4) is 11.1 Å². The van der Waals surface area contributed by atoms with E-state index in [-0.39, 0.29) is 22.4 Å². The lowest BCUT2D eigenvalue weighted by Gasteiger charge is -2.11. The van der Waals surface area contributed by atoms with Gasteiger partial charge in [0.1, 0.15) is 5.82 Å². The molecule has 2 aromatic carbocycles. The van der Waals surface area contributed by atoms with Crippen molar-refractivity contribution in [3.05, 3.63) is 64.8 Å². The molecule has 0 atom stereocenters. The second kappa shape index (κ2) is 6.42. The Labute approximate surface area is 144 Å². The van der Waals surface area contributed by atoms with E-state index in [1.54, 1.807) is 38.4 Å². The van der Waals surface area contributed by atoms with Crippen LogP contribution in [0.25, 0.3) is 21.9 Å². The molecule has 0 aliphatic rings. The highest BCUT2D eigenvalue weighted by Crippen LogP contribution is 2.28. The molecule has 0 fully saturated rings. The zero-order chi connectivity index (χ0) is 18.2. The Morgan fingerprint density at radius 1 is 1.12 bits per heavy atom. The van der Waals surface area contributed by atoms with Crippen LogP contribution < -0.4 is 10.3 Å². The Balaban J connectivity index is 2.28. The van der Waals surface area contributed by atoms with Crippen molar-refractivity contribution in [3.63, 3.8) is 0 Å². The van der Waals surface area contributed by atoms with Crippen molar-refractivity contribution in [2.45, 2.75) is 11.8 Å². The number of hydrogen-bond acceptors (Lipinski definition) is 3. The number of rotatable bonds is 4. The maximum Gasteiger partial charge on any atom is 0.258 e. The standard InChI is InChI=1S/C18H17FN2O3S/c1-3-20-25(23,24)14-6-4-5-12(9-14)17-11-21(2)18(22)16-10-13(19)7-8-15(16)17/h4-11,20H,3H2,1-2H3. The van der Waals surface area contributed by atoms with E-state index in [9.17, 15) is 17.6 Å². The van der Waals surface area contributed by atoms with Crippen LogP contribution in [0, 0.1) is 5.82 Å². The van der Waals surface area contributed by atoms with Gasteiger partial charge in [0.05, 0.1) is 10.3 Å². The van der Waals surface area contributed by atoms with E-state index in [0.717, 1.165) is 0 Å². The number of benzene rings is 2. The number of aryl methyl sites for hydroxylation is 1. The molecule has 5 nitrogen and oxygen atoms in total. The minimum absolute atomic E-state index is 0.135. The smallest absolute Gasteiger partial charge is 0.258 e. The van der Waals surface area contributed by atoms with Gasteiger partial charge in [-0.3, -0.25) is 4.79 Å². The molecular weight excluding hydrogens is 343 g/mol. The molecule has 1 heterocycles. The van der Waals surface area contributed by atoms with Crippen LogP contribution in [0.5, 0.6) is 0 Å². The van der Waals surface area contributed by atoms with Crippen molar-refractivity contribution < 1.29 is 12.8 Å². The minimum atomic E-state index is -3.60. The Morgan fingerprint density at radius 2 is 1.88 bits per heavy atom. The summed E-state index contributed by atoms with van der Waals surface area (Å²) in [5.74, 6) is -0.495. The predicted molar refractivity (Wildman–Crippen MR) is 95.4 cm³/mol. The Bertz CT molecular complexity index is 1120. The molecule has 7 heteroatoms. The number of hydrogen-bond donors (Lipinski definition) is 1. The number of sulfonamides is 1. The van der Waals surface area contributed by atoms with Gasteiger partial charge >= 0.3 is 0 Å². The first-order valence-electron chi connectivity index (χ1n) is 7.72. The van der Waals surface area contributed by atoms with Crippen molar-refractivity contribution in [2.75, 3.05) is 6.54 Å². The molecule has 0 radical (unpaired) electrons. The van der Waals surface area contributed by atoms with E-state index in [1.165, 1.54) is 28.8 Å². The van der Waals surface area contributed by atoms with Crippen LogP contribution in [0.2, 0.25) is 0 Å². The monoisotopic (exact) mass is 360 g/mol. The van der Waals surface area contributed by atoms with E-state index in [4.69, 9.17) is 0 Å². The van der Waals surface area contributed by atoms with Gasteiger partial charge in [0.25, 0.3) is 5.56 Å². The van der Waals surface area contributed by atoms with Crippen LogP contribution in [0.3, 0.4) is 0 Å². The number of pyridine rings is 1. The van der Waals surface area contributed by atoms with E-state index >= 15 is 0 Å². The summed E-state index contributed by atoms with van der Waals surface area (Å²) in [4.78, 5) is 12.4. The van der Waals surface area contributed by atoms with Crippen molar-refractivity contribution in [1.29, 1.82) is 0 Å². The second-order valence-electron chi connectivity index (χ2n) is 5.68. The maximum atomic E-state index is 13.6. The summed E-state index contributed by atoms with van der Waals surface area (Å²) in [5, 5.41) is 0.822. The normalized spacial score (nSPS) is 11.8. The molecule has 0 bridgehead atoms. The summed E-state index contributed by atoms with van der Waals surface area (Å²) in [6, 6.07) is 10.5. The summed E-state index contributed by atoms with van der Waals surface area (Å²) in [5.41, 5.74) is 0.978. The van der Waals surface area contributed by atoms with Gasteiger partial charge in [-0.05, 0) is 35.2 Å². The molecule has 0 amide bonds. The molecule has 0 aliphatic carbocycles. The fraction of sp³-hybridized carbons (Fsp3) is 0.167. The molecule has 0 aliphatic heterocycles. The van der Waals surface area contributed by atoms with Crippen molar-refractivity contribution >= 4 is 20.8 Å². The van der Waals surface area contributed by atoms with Crippen LogP contribution in [0.15, 0.2) is 58.4 Å². The van der Waals surface area contributed by atoms with Gasteiger partial charge in [0.2, 0.25) is 10.0 Å². The quantitative estimate of drug-likeness (QED) is 0.778. The largest absolute Gasteiger partial charge is 0.317 e. The molecule has 1 aromatic heterocycles. The molecule has 1 N–H and O–H groups in total. The fourth-order valence-corrected chi connectivity index (χ4v) is 3.86. The summed E-state index contributed by atoms with van der Waals surface area (Å²) in [6.45, 7) is 1.99. The third kappa shape index (κ3) is 3.20. The first-order chi connectivity index (χ1) is 11.8. The van der Waals surface area contributed by atoms with Gasteiger partial charge in [0.15, 0.2) is 0 Å². The van der Waals surface area contributed by atoms with Crippen molar-refractivity contribution in [2.24, 2.45) is 7.05 Å². The summed E-state index contributed by atoms with van der Waals surface area (Å²) >= 11 is 0. The molecule has 3 rings (SSSR count). The molecule has 0 saturated heterocycles. The third-order valence-electron chi connectivity index (χ3n) is 3.93. The average molecular weight is 360 g/mol. The first-order valence-corrected chi connectivity index (χ1v) is 9.21. The van der Waals surface area contributed by atoms with Gasteiger partial charge in [-0.2, -0.15) is 0 Å². The van der Waals surface area contributed by atoms with Gasteiger partial charge < -0.3 is 4.57 Å². The molecular formula is C18H17FN2O3S. The lowest BCUT2D eigenvalue weighted by Crippen LogP contribution is -2.23. The topological polar surface area (TPSA) is 68.2 Å². The second-order valence-corrected chi connectivity index (χ2v) is 7.44. The number of nitrogens with zero attached hydrogens (tertiary/aromatic N) is 1. The Hall–Kier alpha value is -2.51. The average Bonchev–Trinajstić information content (AvgIpc) is 2.58. The molecule has 3 aromatic rings. The van der Waals surface area contributed by atoms with Gasteiger partial charge in [-0.25, -0.2) is 17.5 Å². The van der Waals surface area contributed by atoms with E-state index in [0.29, 0.717) is 16.5 Å². The molecule has 0 unspecified atom stereocenters. The molecule has 0 spiro atoms. The first kappa shape index (κ1) is 17.3. The number of fused-ring (bicyclic) bond motifs is 1. The number of nitrogens with one attached hydrogen (secondary N) is 1. The van der Waals surface area contributed by atoms with Crippen molar-refractivity contribution in [1.82, 2.24) is 9.29 Å². The molecule has 0 saturated carbocycles. The van der Waals surface area contributed by atoms with Gasteiger partial charge in [-0.15, -0.1) is 0 Å². The highest BCUT2D eigenvalue weighted by Gasteiger charge is 2.15. The van der Waals surface area contributed by atoms with Crippen LogP contribution >= 0.6 is 0 Å². The molecule has 25 heavy (non-hydrogen) atoms. The van der Waals surface area contributed by atoms with E-state index in [2.05, 4.69) is 4.72 Å². The Morgan fingerprint density at radius 3 is 2.60 bits per heavy atom. The third-order valence-corrected chi connectivity index (χ3v) is 5.48. The van der Waals surface area contributed by atoms with Gasteiger partial charge in [0, 0.05) is 25.4 Å².